The molecule has 0 aliphatic heterocycles. The molecule has 0 heterocycles. The van der Waals surface area contributed by atoms with Gasteiger partial charge in [-0.25, -0.2) is 12.8 Å². The van der Waals surface area contributed by atoms with Gasteiger partial charge in [0.05, 0.1) is 17.7 Å². The van der Waals surface area contributed by atoms with Crippen LogP contribution in [0.25, 0.3) is 0 Å². The monoisotopic (exact) mass is 631 g/mol. The van der Waals surface area contributed by atoms with Gasteiger partial charge in [-0.3, -0.25) is 13.9 Å². The summed E-state index contributed by atoms with van der Waals surface area (Å²) in [5.41, 5.74) is 2.63. The van der Waals surface area contributed by atoms with Crippen molar-refractivity contribution in [2.45, 2.75) is 44.2 Å². The minimum atomic E-state index is -4.24. The highest BCUT2D eigenvalue weighted by molar-refractivity contribution is 7.92. The molecule has 236 valence electrons. The van der Waals surface area contributed by atoms with Crippen LogP contribution in [0.3, 0.4) is 0 Å². The average molecular weight is 632 g/mol. The maximum atomic E-state index is 14.4. The van der Waals surface area contributed by atoms with Crippen molar-refractivity contribution in [3.8, 4) is 5.75 Å². The van der Waals surface area contributed by atoms with Crippen LogP contribution in [-0.2, 0) is 32.6 Å². The summed E-state index contributed by atoms with van der Waals surface area (Å²) in [6.45, 7) is 3.59. The van der Waals surface area contributed by atoms with Gasteiger partial charge in [0.1, 0.15) is 24.2 Å². The molecule has 0 fully saturated rings. The molecule has 4 rings (SSSR count). The van der Waals surface area contributed by atoms with Crippen molar-refractivity contribution in [1.29, 1.82) is 0 Å². The van der Waals surface area contributed by atoms with Crippen LogP contribution >= 0.6 is 0 Å². The first-order chi connectivity index (χ1) is 21.6. The molecule has 1 atom stereocenters. The summed E-state index contributed by atoms with van der Waals surface area (Å²) in [5, 5.41) is 2.90. The highest BCUT2D eigenvalue weighted by Crippen LogP contribution is 2.27. The fourth-order valence-electron chi connectivity index (χ4n) is 4.82. The van der Waals surface area contributed by atoms with Gasteiger partial charge >= 0.3 is 0 Å². The molecule has 0 saturated carbocycles. The lowest BCUT2D eigenvalue weighted by Gasteiger charge is -2.34. The molecule has 4 aromatic carbocycles. The summed E-state index contributed by atoms with van der Waals surface area (Å²) in [4.78, 5) is 29.4. The van der Waals surface area contributed by atoms with Crippen LogP contribution in [0.1, 0.15) is 30.0 Å². The molecule has 4 aromatic rings. The topological polar surface area (TPSA) is 96.0 Å². The van der Waals surface area contributed by atoms with E-state index < -0.39 is 34.3 Å². The normalized spacial score (nSPS) is 11.8. The predicted molar refractivity (Wildman–Crippen MR) is 173 cm³/mol. The fourth-order valence-corrected chi connectivity index (χ4v) is 6.24. The van der Waals surface area contributed by atoms with E-state index in [-0.39, 0.29) is 23.8 Å². The molecule has 0 spiro atoms. The first-order valence-corrected chi connectivity index (χ1v) is 16.2. The second-order valence-electron chi connectivity index (χ2n) is 10.7. The second-order valence-corrected chi connectivity index (χ2v) is 12.5. The summed E-state index contributed by atoms with van der Waals surface area (Å²) in [6.07, 6.45) is 0.885. The first-order valence-electron chi connectivity index (χ1n) is 14.7. The molecule has 0 aliphatic rings. The summed E-state index contributed by atoms with van der Waals surface area (Å²) in [5.74, 6) is -0.908. The van der Waals surface area contributed by atoms with Gasteiger partial charge in [-0.05, 0) is 73.0 Å². The standard InChI is InChI=1S/C35H38FN3O5S/c1-4-22-37-35(41)33(23-27-8-6-5-7-9-27)38(24-28-12-14-29(36)15-13-28)34(40)25-39(30-16-10-26(2)11-17-30)45(42,43)32-20-18-31(44-3)19-21-32/h5-21,33H,4,22-25H2,1-3H3,(H,37,41)/t33-/m1/s1. The van der Waals surface area contributed by atoms with Crippen LogP contribution < -0.4 is 14.4 Å². The zero-order valence-electron chi connectivity index (χ0n) is 25.6. The van der Waals surface area contributed by atoms with Gasteiger partial charge in [-0.2, -0.15) is 0 Å². The third kappa shape index (κ3) is 8.69. The van der Waals surface area contributed by atoms with Crippen LogP contribution in [0.2, 0.25) is 0 Å². The van der Waals surface area contributed by atoms with E-state index in [0.29, 0.717) is 30.0 Å². The Morgan fingerprint density at radius 2 is 1.51 bits per heavy atom. The molecule has 45 heavy (non-hydrogen) atoms. The largest absolute Gasteiger partial charge is 0.497 e. The number of methoxy groups -OCH3 is 1. The average Bonchev–Trinajstić information content (AvgIpc) is 3.05. The van der Waals surface area contributed by atoms with E-state index in [1.165, 1.54) is 48.4 Å². The number of hydrogen-bond acceptors (Lipinski definition) is 5. The molecule has 0 bridgehead atoms. The van der Waals surface area contributed by atoms with Gasteiger partial charge in [-0.15, -0.1) is 0 Å². The quantitative estimate of drug-likeness (QED) is 0.198. The van der Waals surface area contributed by atoms with Crippen molar-refractivity contribution in [3.05, 3.63) is 126 Å². The molecular formula is C35H38FN3O5S. The van der Waals surface area contributed by atoms with Gasteiger partial charge in [0.15, 0.2) is 0 Å². The molecule has 10 heteroatoms. The fraction of sp³-hybridized carbons (Fsp3) is 0.257. The van der Waals surface area contributed by atoms with Crippen LogP contribution in [0.15, 0.2) is 108 Å². The van der Waals surface area contributed by atoms with Crippen molar-refractivity contribution in [2.75, 3.05) is 24.5 Å². The molecule has 1 N–H and O–H groups in total. The van der Waals surface area contributed by atoms with Gasteiger partial charge in [0, 0.05) is 19.5 Å². The number of rotatable bonds is 14. The lowest BCUT2D eigenvalue weighted by Crippen LogP contribution is -2.53. The van der Waals surface area contributed by atoms with Crippen molar-refractivity contribution in [3.63, 3.8) is 0 Å². The smallest absolute Gasteiger partial charge is 0.264 e. The highest BCUT2D eigenvalue weighted by Gasteiger charge is 2.34. The summed E-state index contributed by atoms with van der Waals surface area (Å²) >= 11 is 0. The number of anilines is 1. The number of benzene rings is 4. The maximum Gasteiger partial charge on any atom is 0.264 e. The SMILES string of the molecule is CCCNC(=O)[C@@H](Cc1ccccc1)N(Cc1ccc(F)cc1)C(=O)CN(c1ccc(C)cc1)S(=O)(=O)c1ccc(OC)cc1. The third-order valence-electron chi connectivity index (χ3n) is 7.33. The van der Waals surface area contributed by atoms with Crippen molar-refractivity contribution >= 4 is 27.5 Å². The van der Waals surface area contributed by atoms with E-state index in [9.17, 15) is 22.4 Å². The number of ether oxygens (including phenoxy) is 1. The number of hydrogen-bond donors (Lipinski definition) is 1. The van der Waals surface area contributed by atoms with E-state index >= 15 is 0 Å². The van der Waals surface area contributed by atoms with Crippen LogP contribution in [0, 0.1) is 12.7 Å². The summed E-state index contributed by atoms with van der Waals surface area (Å²) in [6, 6.07) is 26.7. The Morgan fingerprint density at radius 3 is 2.11 bits per heavy atom. The molecule has 0 saturated heterocycles. The Kier molecular flexibility index (Phi) is 11.3. The molecule has 0 unspecified atom stereocenters. The molecular weight excluding hydrogens is 593 g/mol. The molecule has 0 radical (unpaired) electrons. The summed E-state index contributed by atoms with van der Waals surface area (Å²) in [7, 11) is -2.75. The minimum Gasteiger partial charge on any atom is -0.497 e. The lowest BCUT2D eigenvalue weighted by atomic mass is 10.0. The number of halogens is 1. The number of amides is 2. The van der Waals surface area contributed by atoms with E-state index in [1.54, 1.807) is 36.4 Å². The van der Waals surface area contributed by atoms with Gasteiger partial charge in [0.2, 0.25) is 11.8 Å². The Labute approximate surface area is 264 Å². The van der Waals surface area contributed by atoms with Crippen molar-refractivity contribution in [1.82, 2.24) is 10.2 Å². The Morgan fingerprint density at radius 1 is 0.867 bits per heavy atom. The number of nitrogens with zero attached hydrogens (tertiary/aromatic N) is 2. The van der Waals surface area contributed by atoms with Crippen molar-refractivity contribution < 1.29 is 27.1 Å². The lowest BCUT2D eigenvalue weighted by molar-refractivity contribution is -0.140. The highest BCUT2D eigenvalue weighted by atomic mass is 32.2. The number of nitrogens with one attached hydrogen (secondary N) is 1. The molecule has 2 amide bonds. The van der Waals surface area contributed by atoms with E-state index in [2.05, 4.69) is 5.32 Å². The molecule has 8 nitrogen and oxygen atoms in total. The Hall–Kier alpha value is -4.70. The Bertz CT molecular complexity index is 1660. The van der Waals surface area contributed by atoms with Gasteiger partial charge in [0.25, 0.3) is 10.0 Å². The minimum absolute atomic E-state index is 0.0247. The number of aryl methyl sites for hydroxylation is 1. The van der Waals surface area contributed by atoms with E-state index in [1.807, 2.05) is 44.2 Å². The van der Waals surface area contributed by atoms with Crippen LogP contribution in [0.5, 0.6) is 5.75 Å². The Balaban J connectivity index is 1.78. The van der Waals surface area contributed by atoms with Crippen LogP contribution in [0.4, 0.5) is 10.1 Å². The van der Waals surface area contributed by atoms with E-state index in [4.69, 9.17) is 4.74 Å². The molecule has 0 aromatic heterocycles. The maximum absolute atomic E-state index is 14.4. The van der Waals surface area contributed by atoms with Crippen LogP contribution in [-0.4, -0.2) is 51.4 Å². The van der Waals surface area contributed by atoms with Crippen molar-refractivity contribution in [2.24, 2.45) is 0 Å². The van der Waals surface area contributed by atoms with Gasteiger partial charge in [-0.1, -0.05) is 67.1 Å². The zero-order valence-corrected chi connectivity index (χ0v) is 26.5. The zero-order chi connectivity index (χ0) is 32.4. The first kappa shape index (κ1) is 33.2. The van der Waals surface area contributed by atoms with Gasteiger partial charge < -0.3 is 15.0 Å². The number of sulfonamides is 1. The second kappa shape index (κ2) is 15.3. The number of carbonyl (C=O) groups is 2. The third-order valence-corrected chi connectivity index (χ3v) is 9.12. The van der Waals surface area contributed by atoms with E-state index in [0.717, 1.165) is 15.4 Å². The predicted octanol–water partition coefficient (Wildman–Crippen LogP) is 5.50. The number of carbonyl (C=O) groups excluding carboxylic acids is 2. The molecule has 0 aliphatic carbocycles. The summed E-state index contributed by atoms with van der Waals surface area (Å²) < 4.78 is 48.2.